The van der Waals surface area contributed by atoms with Crippen molar-refractivity contribution < 1.29 is 18.5 Å². The van der Waals surface area contributed by atoms with Crippen molar-refractivity contribution in [2.24, 2.45) is 0 Å². The number of rotatable bonds is 6. The fourth-order valence-electron chi connectivity index (χ4n) is 1.60. The molecule has 0 aliphatic heterocycles. The molecule has 1 aromatic rings. The van der Waals surface area contributed by atoms with Gasteiger partial charge in [-0.25, -0.2) is 13.4 Å². The molecule has 0 spiro atoms. The van der Waals surface area contributed by atoms with Crippen molar-refractivity contribution in [1.82, 2.24) is 5.32 Å². The van der Waals surface area contributed by atoms with Gasteiger partial charge in [0.25, 0.3) is 5.91 Å². The van der Waals surface area contributed by atoms with Gasteiger partial charge < -0.3 is 10.4 Å². The Morgan fingerprint density at radius 3 is 2.33 bits per heavy atom. The molecule has 0 aliphatic carbocycles. The number of hydrogen-bond donors (Lipinski definition) is 3. The minimum atomic E-state index is -2.86. The van der Waals surface area contributed by atoms with Gasteiger partial charge in [0.2, 0.25) is 0 Å². The number of carbonyl (C=O) groups excluding carboxylic acids is 1. The first-order valence-electron chi connectivity index (χ1n) is 5.83. The molecule has 118 valence electrons. The van der Waals surface area contributed by atoms with E-state index in [1.165, 1.54) is 30.5 Å². The highest BCUT2D eigenvalue weighted by molar-refractivity contribution is 7.91. The Bertz CT molecular complexity index is 593. The summed E-state index contributed by atoms with van der Waals surface area (Å²) in [4.78, 5) is 10.3. The molecule has 0 aromatic heterocycles. The maximum absolute atomic E-state index is 12.9. The summed E-state index contributed by atoms with van der Waals surface area (Å²) in [5, 5.41) is 12.2. The van der Waals surface area contributed by atoms with Crippen molar-refractivity contribution in [3.63, 3.8) is 0 Å². The SMILES string of the molecule is CS(=N)(=O)c1ccc(C(O)[C@@H](CF)NC(=O)C(Cl)Cl)cc1. The summed E-state index contributed by atoms with van der Waals surface area (Å²) in [6, 6.07) is 4.47. The minimum absolute atomic E-state index is 0.292. The van der Waals surface area contributed by atoms with Gasteiger partial charge in [0, 0.05) is 11.2 Å². The van der Waals surface area contributed by atoms with Crippen molar-refractivity contribution >= 4 is 38.8 Å². The van der Waals surface area contributed by atoms with Gasteiger partial charge in [-0.3, -0.25) is 4.79 Å². The van der Waals surface area contributed by atoms with E-state index in [9.17, 15) is 18.5 Å². The van der Waals surface area contributed by atoms with E-state index in [2.05, 4.69) is 5.32 Å². The van der Waals surface area contributed by atoms with Crippen molar-refractivity contribution in [1.29, 1.82) is 4.78 Å². The molecule has 1 rings (SSSR count). The minimum Gasteiger partial charge on any atom is -0.386 e. The van der Waals surface area contributed by atoms with E-state index in [0.29, 0.717) is 10.5 Å². The fourth-order valence-corrected chi connectivity index (χ4v) is 2.39. The Morgan fingerprint density at radius 2 is 1.95 bits per heavy atom. The number of alkyl halides is 3. The van der Waals surface area contributed by atoms with E-state index >= 15 is 0 Å². The molecule has 0 fully saturated rings. The molecule has 0 heterocycles. The predicted octanol–water partition coefficient (Wildman–Crippen LogP) is 2.01. The molecule has 1 aromatic carbocycles. The molecule has 0 saturated carbocycles. The normalized spacial score (nSPS) is 17.0. The summed E-state index contributed by atoms with van der Waals surface area (Å²) >= 11 is 10.7. The Morgan fingerprint density at radius 1 is 1.43 bits per heavy atom. The van der Waals surface area contributed by atoms with Crippen LogP contribution in [0.4, 0.5) is 4.39 Å². The summed E-state index contributed by atoms with van der Waals surface area (Å²) in [6.07, 6.45) is -0.0527. The molecule has 3 N–H and O–H groups in total. The zero-order valence-corrected chi connectivity index (χ0v) is 13.4. The second-order valence-electron chi connectivity index (χ2n) is 4.43. The summed E-state index contributed by atoms with van der Waals surface area (Å²) in [5.74, 6) is -0.806. The van der Waals surface area contributed by atoms with Crippen LogP contribution >= 0.6 is 23.2 Å². The molecule has 1 amide bonds. The highest BCUT2D eigenvalue weighted by Gasteiger charge is 2.25. The number of benzene rings is 1. The van der Waals surface area contributed by atoms with Crippen LogP contribution in [0.5, 0.6) is 0 Å². The van der Waals surface area contributed by atoms with Crippen molar-refractivity contribution in [3.8, 4) is 0 Å². The maximum Gasteiger partial charge on any atom is 0.253 e. The van der Waals surface area contributed by atoms with Crippen LogP contribution in [0.15, 0.2) is 29.2 Å². The number of halogens is 3. The number of carbonyl (C=O) groups is 1. The van der Waals surface area contributed by atoms with Crippen LogP contribution in [-0.4, -0.2) is 39.0 Å². The molecule has 21 heavy (non-hydrogen) atoms. The molecule has 3 atom stereocenters. The fraction of sp³-hybridized carbons (Fsp3) is 0.417. The first-order valence-corrected chi connectivity index (χ1v) is 8.67. The molecule has 2 unspecified atom stereocenters. The average molecular weight is 357 g/mol. The van der Waals surface area contributed by atoms with Crippen LogP contribution in [0.1, 0.15) is 11.7 Å². The Balaban J connectivity index is 2.90. The van der Waals surface area contributed by atoms with E-state index < -0.39 is 39.3 Å². The maximum atomic E-state index is 12.9. The van der Waals surface area contributed by atoms with Gasteiger partial charge in [-0.05, 0) is 17.7 Å². The van der Waals surface area contributed by atoms with Gasteiger partial charge in [-0.1, -0.05) is 35.3 Å². The van der Waals surface area contributed by atoms with E-state index in [1.54, 1.807) is 0 Å². The number of nitrogens with one attached hydrogen (secondary N) is 2. The van der Waals surface area contributed by atoms with Crippen molar-refractivity contribution in [2.45, 2.75) is 21.9 Å². The summed E-state index contributed by atoms with van der Waals surface area (Å²) in [5.41, 5.74) is 0.311. The van der Waals surface area contributed by atoms with Gasteiger partial charge >= 0.3 is 0 Å². The molecule has 0 saturated heterocycles. The van der Waals surface area contributed by atoms with Crippen LogP contribution in [-0.2, 0) is 14.5 Å². The Hall–Kier alpha value is -0.890. The zero-order valence-electron chi connectivity index (χ0n) is 11.1. The summed E-state index contributed by atoms with van der Waals surface area (Å²) in [7, 11) is -2.86. The lowest BCUT2D eigenvalue weighted by molar-refractivity contribution is -0.121. The molecule has 0 bridgehead atoms. The van der Waals surface area contributed by atoms with Gasteiger partial charge in [0.1, 0.15) is 12.8 Å². The van der Waals surface area contributed by atoms with Crippen molar-refractivity contribution in [2.75, 3.05) is 12.9 Å². The van der Waals surface area contributed by atoms with Gasteiger partial charge in [0.05, 0.1) is 15.8 Å². The zero-order chi connectivity index (χ0) is 16.2. The lowest BCUT2D eigenvalue weighted by Crippen LogP contribution is -2.43. The topological polar surface area (TPSA) is 90.2 Å². The molecule has 5 nitrogen and oxygen atoms in total. The number of aliphatic hydroxyl groups excluding tert-OH is 1. The number of aliphatic hydroxyl groups is 1. The second-order valence-corrected chi connectivity index (χ2v) is 7.68. The van der Waals surface area contributed by atoms with Crippen LogP contribution in [0.25, 0.3) is 0 Å². The van der Waals surface area contributed by atoms with Crippen LogP contribution in [0, 0.1) is 4.78 Å². The van der Waals surface area contributed by atoms with Gasteiger partial charge in [-0.15, -0.1) is 0 Å². The van der Waals surface area contributed by atoms with E-state index in [1.807, 2.05) is 0 Å². The molecule has 9 heteroatoms. The highest BCUT2D eigenvalue weighted by atomic mass is 35.5. The van der Waals surface area contributed by atoms with E-state index in [4.69, 9.17) is 28.0 Å². The smallest absolute Gasteiger partial charge is 0.253 e. The highest BCUT2D eigenvalue weighted by Crippen LogP contribution is 2.20. The van der Waals surface area contributed by atoms with Gasteiger partial charge in [0.15, 0.2) is 4.84 Å². The largest absolute Gasteiger partial charge is 0.386 e. The predicted molar refractivity (Wildman–Crippen MR) is 79.9 cm³/mol. The van der Waals surface area contributed by atoms with Crippen LogP contribution in [0.2, 0.25) is 0 Å². The van der Waals surface area contributed by atoms with Crippen molar-refractivity contribution in [3.05, 3.63) is 29.8 Å². The Labute approximate surface area is 132 Å². The molecule has 0 radical (unpaired) electrons. The lowest BCUT2D eigenvalue weighted by Gasteiger charge is -2.22. The molecular formula is C12H15Cl2FN2O3S. The lowest BCUT2D eigenvalue weighted by atomic mass is 10.0. The Kier molecular flexibility index (Phi) is 6.40. The average Bonchev–Trinajstić information content (AvgIpc) is 2.42. The third kappa shape index (κ3) is 5.10. The third-order valence-corrected chi connectivity index (χ3v) is 4.31. The monoisotopic (exact) mass is 356 g/mol. The molecule has 0 aliphatic rings. The second kappa shape index (κ2) is 7.40. The van der Waals surface area contributed by atoms with Crippen LogP contribution < -0.4 is 5.32 Å². The third-order valence-electron chi connectivity index (χ3n) is 2.74. The first kappa shape index (κ1) is 18.2. The molecular weight excluding hydrogens is 342 g/mol. The first-order chi connectivity index (χ1) is 9.66. The van der Waals surface area contributed by atoms with Gasteiger partial charge in [-0.2, -0.15) is 0 Å². The standard InChI is InChI=1S/C12H15Cl2FN2O3S/c1-21(16,20)8-4-2-7(3-5-8)10(18)9(6-15)17-12(19)11(13)14/h2-5,9-11,16,18H,6H2,1H3,(H,17,19)/t9-,10?,21?/m1/s1. The quantitative estimate of drug-likeness (QED) is 0.681. The number of hydrogen-bond acceptors (Lipinski definition) is 4. The summed E-state index contributed by atoms with van der Waals surface area (Å²) < 4.78 is 31.9. The van der Waals surface area contributed by atoms with E-state index in [0.717, 1.165) is 0 Å². The number of amides is 1. The van der Waals surface area contributed by atoms with E-state index in [-0.39, 0.29) is 0 Å². The summed E-state index contributed by atoms with van der Waals surface area (Å²) in [6.45, 7) is -1.02. The van der Waals surface area contributed by atoms with Crippen LogP contribution in [0.3, 0.4) is 0 Å².